The van der Waals surface area contributed by atoms with Gasteiger partial charge in [-0.2, -0.15) is 18.3 Å². The summed E-state index contributed by atoms with van der Waals surface area (Å²) in [4.78, 5) is 17.0. The van der Waals surface area contributed by atoms with Gasteiger partial charge in [0, 0.05) is 54.2 Å². The molecule has 5 rings (SSSR count). The maximum atomic E-state index is 13.0. The van der Waals surface area contributed by atoms with Crippen molar-refractivity contribution in [1.29, 1.82) is 0 Å². The lowest BCUT2D eigenvalue weighted by molar-refractivity contribution is -0.137. The molecule has 1 aliphatic rings. The SMILES string of the molecule is Cc1ccc(NC(=O)c2cccc(C(F)(F)F)c2)cc1-n1cc(-c2cnccc2C2CCOCC2)cn1. The van der Waals surface area contributed by atoms with Crippen LogP contribution < -0.4 is 5.32 Å². The Morgan fingerprint density at radius 1 is 1.08 bits per heavy atom. The minimum absolute atomic E-state index is 0.0736. The van der Waals surface area contributed by atoms with Gasteiger partial charge in [0.1, 0.15) is 0 Å². The molecule has 3 heterocycles. The number of ether oxygens (including phenoxy) is 1. The number of carbonyl (C=O) groups is 1. The van der Waals surface area contributed by atoms with E-state index in [2.05, 4.69) is 21.5 Å². The van der Waals surface area contributed by atoms with Crippen molar-refractivity contribution in [2.24, 2.45) is 0 Å². The number of amides is 1. The Morgan fingerprint density at radius 2 is 1.89 bits per heavy atom. The molecule has 4 aromatic rings. The second-order valence-electron chi connectivity index (χ2n) is 9.06. The third kappa shape index (κ3) is 5.41. The summed E-state index contributed by atoms with van der Waals surface area (Å²) in [6.45, 7) is 3.40. The molecule has 1 saturated heterocycles. The van der Waals surface area contributed by atoms with Gasteiger partial charge in [-0.15, -0.1) is 0 Å². The summed E-state index contributed by atoms with van der Waals surface area (Å²) in [6.07, 6.45) is 4.75. The van der Waals surface area contributed by atoms with E-state index in [0.717, 1.165) is 60.6 Å². The quantitative estimate of drug-likeness (QED) is 0.340. The summed E-state index contributed by atoms with van der Waals surface area (Å²) in [6, 6.07) is 11.7. The van der Waals surface area contributed by atoms with Crippen LogP contribution in [0, 0.1) is 6.92 Å². The number of benzene rings is 2. The molecule has 0 unspecified atom stereocenters. The van der Waals surface area contributed by atoms with E-state index >= 15 is 0 Å². The van der Waals surface area contributed by atoms with Gasteiger partial charge in [0.2, 0.25) is 0 Å². The number of hydrogen-bond donors (Lipinski definition) is 1. The molecule has 2 aromatic heterocycles. The largest absolute Gasteiger partial charge is 0.416 e. The van der Waals surface area contributed by atoms with Crippen LogP contribution >= 0.6 is 0 Å². The van der Waals surface area contributed by atoms with E-state index in [1.807, 2.05) is 25.4 Å². The van der Waals surface area contributed by atoms with Crippen molar-refractivity contribution < 1.29 is 22.7 Å². The van der Waals surface area contributed by atoms with Crippen LogP contribution in [0.5, 0.6) is 0 Å². The zero-order valence-corrected chi connectivity index (χ0v) is 20.1. The van der Waals surface area contributed by atoms with Crippen molar-refractivity contribution in [1.82, 2.24) is 14.8 Å². The molecule has 0 saturated carbocycles. The van der Waals surface area contributed by atoms with Gasteiger partial charge in [0.25, 0.3) is 5.91 Å². The summed E-state index contributed by atoms with van der Waals surface area (Å²) in [5, 5.41) is 7.25. The van der Waals surface area contributed by atoms with Gasteiger partial charge >= 0.3 is 6.18 Å². The fraction of sp³-hybridized carbons (Fsp3) is 0.250. The molecule has 1 aliphatic heterocycles. The molecule has 0 atom stereocenters. The number of pyridine rings is 1. The molecule has 0 radical (unpaired) electrons. The summed E-state index contributed by atoms with van der Waals surface area (Å²) >= 11 is 0. The lowest BCUT2D eigenvalue weighted by atomic mass is 9.88. The van der Waals surface area contributed by atoms with Gasteiger partial charge in [-0.25, -0.2) is 4.68 Å². The van der Waals surface area contributed by atoms with Crippen LogP contribution in [-0.2, 0) is 10.9 Å². The van der Waals surface area contributed by atoms with Gasteiger partial charge in [-0.05, 0) is 73.2 Å². The Kier molecular flexibility index (Phi) is 6.80. The molecule has 1 amide bonds. The monoisotopic (exact) mass is 506 g/mol. The minimum atomic E-state index is -4.52. The molecule has 9 heteroatoms. The van der Waals surface area contributed by atoms with Gasteiger partial charge in [0.05, 0.1) is 17.4 Å². The second-order valence-corrected chi connectivity index (χ2v) is 9.06. The first-order valence-corrected chi connectivity index (χ1v) is 12.0. The number of anilines is 1. The number of carbonyl (C=O) groups excluding carboxylic acids is 1. The standard InChI is InChI=1S/C28H25F3N4O2/c1-18-5-6-23(34-27(36)20-3-2-4-22(13-20)28(29,30)31)14-26(18)35-17-21(15-33-35)25-16-32-10-7-24(25)19-8-11-37-12-9-19/h2-7,10,13-17,19H,8-9,11-12H2,1H3,(H,34,36). The number of halogens is 3. The van der Waals surface area contributed by atoms with Crippen molar-refractivity contribution >= 4 is 11.6 Å². The van der Waals surface area contributed by atoms with E-state index < -0.39 is 17.6 Å². The number of hydrogen-bond acceptors (Lipinski definition) is 4. The van der Waals surface area contributed by atoms with Crippen LogP contribution in [0.3, 0.4) is 0 Å². The van der Waals surface area contributed by atoms with Crippen molar-refractivity contribution in [3.8, 4) is 16.8 Å². The number of nitrogens with one attached hydrogen (secondary N) is 1. The highest BCUT2D eigenvalue weighted by atomic mass is 19.4. The number of rotatable bonds is 5. The van der Waals surface area contributed by atoms with Crippen LogP contribution in [0.2, 0.25) is 0 Å². The number of nitrogens with zero attached hydrogens (tertiary/aromatic N) is 3. The Labute approximate surface area is 212 Å². The topological polar surface area (TPSA) is 69.0 Å². The Morgan fingerprint density at radius 3 is 2.68 bits per heavy atom. The van der Waals surface area contributed by atoms with Crippen LogP contribution in [0.1, 0.15) is 45.8 Å². The fourth-order valence-corrected chi connectivity index (χ4v) is 4.58. The first-order valence-electron chi connectivity index (χ1n) is 12.0. The molecule has 190 valence electrons. The predicted molar refractivity (Wildman–Crippen MR) is 134 cm³/mol. The molecule has 0 bridgehead atoms. The fourth-order valence-electron chi connectivity index (χ4n) is 4.58. The highest BCUT2D eigenvalue weighted by Gasteiger charge is 2.31. The van der Waals surface area contributed by atoms with Crippen molar-refractivity contribution in [3.63, 3.8) is 0 Å². The summed E-state index contributed by atoms with van der Waals surface area (Å²) in [7, 11) is 0. The molecule has 0 spiro atoms. The first kappa shape index (κ1) is 24.7. The van der Waals surface area contributed by atoms with Gasteiger partial charge < -0.3 is 10.1 Å². The summed E-state index contributed by atoms with van der Waals surface area (Å²) < 4.78 is 46.4. The average Bonchev–Trinajstić information content (AvgIpc) is 3.40. The van der Waals surface area contributed by atoms with Gasteiger partial charge in [0.15, 0.2) is 0 Å². The zero-order valence-electron chi connectivity index (χ0n) is 20.1. The molecule has 1 N–H and O–H groups in total. The average molecular weight is 507 g/mol. The molecule has 2 aromatic carbocycles. The molecule has 37 heavy (non-hydrogen) atoms. The van der Waals surface area contributed by atoms with E-state index in [0.29, 0.717) is 11.6 Å². The highest BCUT2D eigenvalue weighted by Crippen LogP contribution is 2.35. The smallest absolute Gasteiger partial charge is 0.381 e. The van der Waals surface area contributed by atoms with Crippen LogP contribution in [-0.4, -0.2) is 33.9 Å². The molecule has 0 aliphatic carbocycles. The third-order valence-electron chi connectivity index (χ3n) is 6.58. The number of alkyl halides is 3. The first-order chi connectivity index (χ1) is 17.8. The maximum absolute atomic E-state index is 13.0. The van der Waals surface area contributed by atoms with Crippen molar-refractivity contribution in [2.45, 2.75) is 31.9 Å². The van der Waals surface area contributed by atoms with Crippen LogP contribution in [0.4, 0.5) is 18.9 Å². The minimum Gasteiger partial charge on any atom is -0.381 e. The lowest BCUT2D eigenvalue weighted by Gasteiger charge is -2.24. The molecule has 1 fully saturated rings. The lowest BCUT2D eigenvalue weighted by Crippen LogP contribution is -2.14. The third-order valence-corrected chi connectivity index (χ3v) is 6.58. The van der Waals surface area contributed by atoms with Crippen LogP contribution in [0.15, 0.2) is 73.3 Å². The van der Waals surface area contributed by atoms with Crippen molar-refractivity contribution in [3.05, 3.63) is 95.6 Å². The van der Waals surface area contributed by atoms with Crippen LogP contribution in [0.25, 0.3) is 16.8 Å². The number of aryl methyl sites for hydroxylation is 1. The Bertz CT molecular complexity index is 1420. The predicted octanol–water partition coefficient (Wildman–Crippen LogP) is 6.41. The molecular formula is C28H25F3N4O2. The highest BCUT2D eigenvalue weighted by molar-refractivity contribution is 6.04. The second kappa shape index (κ2) is 10.2. The normalized spacial score (nSPS) is 14.5. The van der Waals surface area contributed by atoms with E-state index in [1.165, 1.54) is 17.7 Å². The van der Waals surface area contributed by atoms with Crippen molar-refractivity contribution in [2.75, 3.05) is 18.5 Å². The summed E-state index contributed by atoms with van der Waals surface area (Å²) in [5.74, 6) is -0.232. The summed E-state index contributed by atoms with van der Waals surface area (Å²) in [5.41, 5.74) is 4.33. The molecule has 6 nitrogen and oxygen atoms in total. The Hall–Kier alpha value is -3.98. The molecular weight excluding hydrogens is 481 g/mol. The van der Waals surface area contributed by atoms with E-state index in [-0.39, 0.29) is 5.56 Å². The van der Waals surface area contributed by atoms with E-state index in [1.54, 1.807) is 29.2 Å². The Balaban J connectivity index is 1.40. The number of aromatic nitrogens is 3. The van der Waals surface area contributed by atoms with E-state index in [4.69, 9.17) is 4.74 Å². The van der Waals surface area contributed by atoms with Gasteiger partial charge in [-0.1, -0.05) is 12.1 Å². The van der Waals surface area contributed by atoms with Gasteiger partial charge in [-0.3, -0.25) is 9.78 Å². The van der Waals surface area contributed by atoms with E-state index in [9.17, 15) is 18.0 Å². The maximum Gasteiger partial charge on any atom is 0.416 e. The zero-order chi connectivity index (χ0) is 26.0.